The van der Waals surface area contributed by atoms with Crippen molar-refractivity contribution in [1.82, 2.24) is 0 Å². The summed E-state index contributed by atoms with van der Waals surface area (Å²) in [5.41, 5.74) is 0.666. The zero-order valence-corrected chi connectivity index (χ0v) is 10.4. The first-order chi connectivity index (χ1) is 9.11. The Kier molecular flexibility index (Phi) is 3.85. The highest BCUT2D eigenvalue weighted by Gasteiger charge is 2.31. The van der Waals surface area contributed by atoms with Gasteiger partial charge in [0.15, 0.2) is 0 Å². The number of hydrogen-bond donors (Lipinski definition) is 0. The van der Waals surface area contributed by atoms with Crippen molar-refractivity contribution < 1.29 is 19.4 Å². The fourth-order valence-corrected chi connectivity index (χ4v) is 1.99. The zero-order valence-electron chi connectivity index (χ0n) is 10.4. The summed E-state index contributed by atoms with van der Waals surface area (Å²) >= 11 is 0. The van der Waals surface area contributed by atoms with Gasteiger partial charge in [-0.3, -0.25) is 4.79 Å². The van der Waals surface area contributed by atoms with Crippen LogP contribution in [-0.4, -0.2) is 25.0 Å². The fourth-order valence-electron chi connectivity index (χ4n) is 1.99. The standard InChI is InChI=1S/C14H15NO4/c1-2-7-19-12-5-3-11(4-6-12)15-9-10(14(17)18)8-13(15)16/h2-6,10H,1,7-9H2,(H,17,18)/p-1/t10-/m1/s1. The average Bonchev–Trinajstić information content (AvgIpc) is 2.79. The molecule has 0 saturated carbocycles. The van der Waals surface area contributed by atoms with Crippen LogP contribution in [0.2, 0.25) is 0 Å². The molecule has 1 amide bonds. The van der Waals surface area contributed by atoms with Crippen molar-refractivity contribution in [2.75, 3.05) is 18.1 Å². The van der Waals surface area contributed by atoms with Gasteiger partial charge in [0.25, 0.3) is 0 Å². The van der Waals surface area contributed by atoms with Crippen LogP contribution in [0, 0.1) is 5.92 Å². The molecular formula is C14H14NO4-. The molecule has 0 unspecified atom stereocenters. The van der Waals surface area contributed by atoms with Crippen molar-refractivity contribution in [2.24, 2.45) is 5.92 Å². The third-order valence-corrected chi connectivity index (χ3v) is 2.97. The Morgan fingerprint density at radius 1 is 1.47 bits per heavy atom. The summed E-state index contributed by atoms with van der Waals surface area (Å²) in [7, 11) is 0. The van der Waals surface area contributed by atoms with Crippen LogP contribution < -0.4 is 14.7 Å². The Morgan fingerprint density at radius 3 is 2.68 bits per heavy atom. The van der Waals surface area contributed by atoms with Gasteiger partial charge in [0.05, 0.1) is 0 Å². The number of ether oxygens (including phenoxy) is 1. The van der Waals surface area contributed by atoms with E-state index in [4.69, 9.17) is 4.74 Å². The maximum Gasteiger partial charge on any atom is 0.227 e. The van der Waals surface area contributed by atoms with E-state index >= 15 is 0 Å². The van der Waals surface area contributed by atoms with Crippen molar-refractivity contribution in [3.63, 3.8) is 0 Å². The Bertz CT molecular complexity index is 495. The SMILES string of the molecule is C=CCOc1ccc(N2C[C@H](C(=O)[O-])CC2=O)cc1. The molecule has 1 saturated heterocycles. The molecule has 0 radical (unpaired) electrons. The number of benzene rings is 1. The quantitative estimate of drug-likeness (QED) is 0.716. The van der Waals surface area contributed by atoms with Gasteiger partial charge in [-0.1, -0.05) is 12.7 Å². The lowest BCUT2D eigenvalue weighted by atomic mass is 10.1. The van der Waals surface area contributed by atoms with E-state index in [0.29, 0.717) is 18.0 Å². The second kappa shape index (κ2) is 5.56. The summed E-state index contributed by atoms with van der Waals surface area (Å²) in [6.07, 6.45) is 1.64. The van der Waals surface area contributed by atoms with Crippen LogP contribution in [0.1, 0.15) is 6.42 Å². The van der Waals surface area contributed by atoms with Crippen LogP contribution in [0.5, 0.6) is 5.75 Å². The van der Waals surface area contributed by atoms with E-state index < -0.39 is 11.9 Å². The van der Waals surface area contributed by atoms with Crippen LogP contribution in [0.3, 0.4) is 0 Å². The molecule has 2 rings (SSSR count). The highest BCUT2D eigenvalue weighted by atomic mass is 16.5. The molecule has 0 N–H and O–H groups in total. The number of anilines is 1. The maximum absolute atomic E-state index is 11.7. The monoisotopic (exact) mass is 260 g/mol. The Labute approximate surface area is 111 Å². The van der Waals surface area contributed by atoms with Crippen LogP contribution in [0.15, 0.2) is 36.9 Å². The number of rotatable bonds is 5. The second-order valence-electron chi connectivity index (χ2n) is 4.32. The molecule has 19 heavy (non-hydrogen) atoms. The van der Waals surface area contributed by atoms with E-state index in [1.807, 2.05) is 0 Å². The summed E-state index contributed by atoms with van der Waals surface area (Å²) in [6, 6.07) is 6.93. The van der Waals surface area contributed by atoms with Crippen LogP contribution in [-0.2, 0) is 9.59 Å². The van der Waals surface area contributed by atoms with E-state index in [2.05, 4.69) is 6.58 Å². The Morgan fingerprint density at radius 2 is 2.16 bits per heavy atom. The molecule has 5 nitrogen and oxygen atoms in total. The molecule has 0 aliphatic carbocycles. The minimum absolute atomic E-state index is 0.00293. The number of amides is 1. The van der Waals surface area contributed by atoms with Gasteiger partial charge >= 0.3 is 0 Å². The minimum atomic E-state index is -1.18. The normalized spacial score (nSPS) is 18.4. The molecule has 1 aromatic carbocycles. The van der Waals surface area contributed by atoms with Crippen molar-refractivity contribution in [3.8, 4) is 5.75 Å². The highest BCUT2D eigenvalue weighted by molar-refractivity contribution is 5.98. The number of carbonyl (C=O) groups is 2. The molecule has 1 heterocycles. The Hall–Kier alpha value is -2.30. The van der Waals surface area contributed by atoms with Gasteiger partial charge in [0.2, 0.25) is 5.91 Å². The summed E-state index contributed by atoms with van der Waals surface area (Å²) in [5, 5.41) is 10.8. The summed E-state index contributed by atoms with van der Waals surface area (Å²) < 4.78 is 5.33. The van der Waals surface area contributed by atoms with Crippen LogP contribution >= 0.6 is 0 Å². The smallest absolute Gasteiger partial charge is 0.227 e. The van der Waals surface area contributed by atoms with Gasteiger partial charge in [-0.25, -0.2) is 0 Å². The molecule has 1 fully saturated rings. The number of carbonyl (C=O) groups excluding carboxylic acids is 2. The lowest BCUT2D eigenvalue weighted by molar-refractivity contribution is -0.310. The number of aliphatic carboxylic acids is 1. The van der Waals surface area contributed by atoms with Crippen molar-refractivity contribution in [3.05, 3.63) is 36.9 Å². The molecule has 1 aliphatic heterocycles. The van der Waals surface area contributed by atoms with Crippen molar-refractivity contribution >= 4 is 17.6 Å². The molecule has 0 aromatic heterocycles. The lowest BCUT2D eigenvalue weighted by Crippen LogP contribution is -2.33. The third kappa shape index (κ3) is 2.93. The predicted molar refractivity (Wildman–Crippen MR) is 67.6 cm³/mol. The fraction of sp³-hybridized carbons (Fsp3) is 0.286. The summed E-state index contributed by atoms with van der Waals surface area (Å²) in [4.78, 5) is 24.0. The maximum atomic E-state index is 11.7. The van der Waals surface area contributed by atoms with E-state index in [1.54, 1.807) is 30.3 Å². The molecular weight excluding hydrogens is 246 g/mol. The number of hydrogen-bond acceptors (Lipinski definition) is 4. The van der Waals surface area contributed by atoms with E-state index in [0.717, 1.165) is 0 Å². The van der Waals surface area contributed by atoms with Crippen LogP contribution in [0.4, 0.5) is 5.69 Å². The van der Waals surface area contributed by atoms with E-state index in [9.17, 15) is 14.7 Å². The number of nitrogens with zero attached hydrogens (tertiary/aromatic N) is 1. The molecule has 1 aliphatic rings. The number of carboxylic acid groups (broad SMARTS) is 1. The van der Waals surface area contributed by atoms with Gasteiger partial charge < -0.3 is 19.5 Å². The van der Waals surface area contributed by atoms with Gasteiger partial charge in [0, 0.05) is 30.5 Å². The molecule has 0 bridgehead atoms. The first-order valence-corrected chi connectivity index (χ1v) is 5.97. The Balaban J connectivity index is 2.08. The van der Waals surface area contributed by atoms with Gasteiger partial charge in [-0.05, 0) is 24.3 Å². The first-order valence-electron chi connectivity index (χ1n) is 5.97. The molecule has 1 aromatic rings. The number of carboxylic acids is 1. The third-order valence-electron chi connectivity index (χ3n) is 2.97. The van der Waals surface area contributed by atoms with Gasteiger partial charge in [0.1, 0.15) is 12.4 Å². The van der Waals surface area contributed by atoms with Crippen molar-refractivity contribution in [2.45, 2.75) is 6.42 Å². The average molecular weight is 260 g/mol. The molecule has 5 heteroatoms. The van der Waals surface area contributed by atoms with Crippen LogP contribution in [0.25, 0.3) is 0 Å². The first kappa shape index (κ1) is 13.1. The van der Waals surface area contributed by atoms with E-state index in [-0.39, 0.29) is 18.9 Å². The topological polar surface area (TPSA) is 69.7 Å². The molecule has 1 atom stereocenters. The highest BCUT2D eigenvalue weighted by Crippen LogP contribution is 2.26. The lowest BCUT2D eigenvalue weighted by Gasteiger charge is -2.17. The predicted octanol–water partition coefficient (Wildman–Crippen LogP) is 0.354. The summed E-state index contributed by atoms with van der Waals surface area (Å²) in [5.74, 6) is -1.44. The molecule has 0 spiro atoms. The molecule has 100 valence electrons. The van der Waals surface area contributed by atoms with Gasteiger partial charge in [-0.2, -0.15) is 0 Å². The second-order valence-corrected chi connectivity index (χ2v) is 4.32. The van der Waals surface area contributed by atoms with E-state index in [1.165, 1.54) is 4.90 Å². The largest absolute Gasteiger partial charge is 0.550 e. The summed E-state index contributed by atoms with van der Waals surface area (Å²) in [6.45, 7) is 4.12. The van der Waals surface area contributed by atoms with Gasteiger partial charge in [-0.15, -0.1) is 0 Å². The zero-order chi connectivity index (χ0) is 13.8. The minimum Gasteiger partial charge on any atom is -0.550 e. The van der Waals surface area contributed by atoms with Crippen molar-refractivity contribution in [1.29, 1.82) is 0 Å².